The van der Waals surface area contributed by atoms with Crippen LogP contribution in [0, 0.1) is 5.92 Å². The van der Waals surface area contributed by atoms with Gasteiger partial charge in [-0.1, -0.05) is 0 Å². The minimum atomic E-state index is 0.239. The lowest BCUT2D eigenvalue weighted by Crippen LogP contribution is -2.39. The van der Waals surface area contributed by atoms with Crippen molar-refractivity contribution in [2.24, 2.45) is 5.92 Å². The third-order valence-electron chi connectivity index (χ3n) is 4.29. The predicted molar refractivity (Wildman–Crippen MR) is 75.3 cm³/mol. The summed E-state index contributed by atoms with van der Waals surface area (Å²) in [5, 5.41) is 4.08. The summed E-state index contributed by atoms with van der Waals surface area (Å²) in [5.74, 6) is 0.713. The van der Waals surface area contributed by atoms with Gasteiger partial charge in [-0.2, -0.15) is 11.3 Å². The number of likely N-dealkylation sites (tertiary alicyclic amines) is 1. The maximum Gasteiger partial charge on any atom is 0.227 e. The Kier molecular flexibility index (Phi) is 3.60. The van der Waals surface area contributed by atoms with Crippen molar-refractivity contribution in [2.45, 2.75) is 18.5 Å². The topological polar surface area (TPSA) is 32.8 Å². The second-order valence-corrected chi connectivity index (χ2v) is 6.43. The molecule has 2 aliphatic rings. The summed E-state index contributed by atoms with van der Waals surface area (Å²) < 4.78 is 5.59. The molecular weight excluding hydrogens is 260 g/mol. The number of fused-ring (bicyclic) bond motifs is 1. The lowest BCUT2D eigenvalue weighted by Gasteiger charge is -2.23. The molecular formula is C14H20N2O2S. The number of carbonyl (C=O) groups is 1. The molecule has 2 aliphatic heterocycles. The van der Waals surface area contributed by atoms with Crippen LogP contribution in [0.25, 0.3) is 0 Å². The van der Waals surface area contributed by atoms with Crippen LogP contribution in [-0.4, -0.2) is 61.6 Å². The maximum atomic E-state index is 12.5. The van der Waals surface area contributed by atoms with Crippen LogP contribution in [0.5, 0.6) is 0 Å². The summed E-state index contributed by atoms with van der Waals surface area (Å²) in [6, 6.07) is 2.74. The van der Waals surface area contributed by atoms with Gasteiger partial charge in [0, 0.05) is 18.5 Å². The molecule has 0 radical (unpaired) electrons. The molecule has 2 fully saturated rings. The molecule has 3 heterocycles. The number of likely N-dealkylation sites (N-methyl/N-ethyl adjacent to an activating group) is 1. The zero-order valence-electron chi connectivity index (χ0n) is 11.4. The fraction of sp³-hybridized carbons (Fsp3) is 0.643. The Morgan fingerprint density at radius 1 is 1.53 bits per heavy atom. The summed E-state index contributed by atoms with van der Waals surface area (Å²) >= 11 is 1.65. The number of hydrogen-bond acceptors (Lipinski definition) is 4. The van der Waals surface area contributed by atoms with Gasteiger partial charge in [0.15, 0.2) is 0 Å². The minimum Gasteiger partial charge on any atom is -0.379 e. The van der Waals surface area contributed by atoms with Crippen molar-refractivity contribution in [2.75, 3.05) is 33.9 Å². The van der Waals surface area contributed by atoms with E-state index in [0.717, 1.165) is 18.7 Å². The van der Waals surface area contributed by atoms with E-state index in [1.807, 2.05) is 16.3 Å². The molecule has 5 heteroatoms. The van der Waals surface area contributed by atoms with E-state index in [4.69, 9.17) is 4.74 Å². The molecule has 0 aromatic carbocycles. The SMILES string of the molecule is CN(C)[C@@H]1CN(C(=O)Cc2ccsc2)[C@H]2COC[C@@H]12. The molecule has 0 aliphatic carbocycles. The van der Waals surface area contributed by atoms with Crippen molar-refractivity contribution in [3.8, 4) is 0 Å². The van der Waals surface area contributed by atoms with Crippen molar-refractivity contribution in [1.82, 2.24) is 9.80 Å². The van der Waals surface area contributed by atoms with Gasteiger partial charge in [-0.05, 0) is 36.5 Å². The Balaban J connectivity index is 1.72. The molecule has 3 atom stereocenters. The first-order valence-corrected chi connectivity index (χ1v) is 7.66. The number of ether oxygens (including phenoxy) is 1. The summed E-state index contributed by atoms with van der Waals surface area (Å²) in [5.41, 5.74) is 1.12. The number of hydrogen-bond donors (Lipinski definition) is 0. The van der Waals surface area contributed by atoms with Gasteiger partial charge < -0.3 is 14.5 Å². The molecule has 1 aromatic rings. The molecule has 4 nitrogen and oxygen atoms in total. The molecule has 104 valence electrons. The molecule has 1 amide bonds. The van der Waals surface area contributed by atoms with Crippen molar-refractivity contribution < 1.29 is 9.53 Å². The number of nitrogens with zero attached hydrogens (tertiary/aromatic N) is 2. The number of carbonyl (C=O) groups excluding carboxylic acids is 1. The van der Waals surface area contributed by atoms with E-state index in [1.165, 1.54) is 0 Å². The van der Waals surface area contributed by atoms with Crippen LogP contribution < -0.4 is 0 Å². The Morgan fingerprint density at radius 3 is 3.05 bits per heavy atom. The fourth-order valence-corrected chi connectivity index (χ4v) is 3.89. The predicted octanol–water partition coefficient (Wildman–Crippen LogP) is 1.08. The van der Waals surface area contributed by atoms with Crippen LogP contribution in [-0.2, 0) is 16.0 Å². The van der Waals surface area contributed by atoms with E-state index >= 15 is 0 Å². The number of thiophene rings is 1. The van der Waals surface area contributed by atoms with E-state index < -0.39 is 0 Å². The van der Waals surface area contributed by atoms with E-state index in [1.54, 1.807) is 11.3 Å². The van der Waals surface area contributed by atoms with Gasteiger partial charge in [0.2, 0.25) is 5.91 Å². The Morgan fingerprint density at radius 2 is 2.37 bits per heavy atom. The smallest absolute Gasteiger partial charge is 0.227 e. The first-order chi connectivity index (χ1) is 9.16. The van der Waals surface area contributed by atoms with Gasteiger partial charge in [0.05, 0.1) is 25.7 Å². The molecule has 2 saturated heterocycles. The highest BCUT2D eigenvalue weighted by molar-refractivity contribution is 7.07. The van der Waals surface area contributed by atoms with Crippen molar-refractivity contribution >= 4 is 17.2 Å². The van der Waals surface area contributed by atoms with Crippen LogP contribution in [0.2, 0.25) is 0 Å². The normalized spacial score (nSPS) is 30.1. The van der Waals surface area contributed by atoms with Crippen LogP contribution in [0.1, 0.15) is 5.56 Å². The van der Waals surface area contributed by atoms with Gasteiger partial charge in [-0.3, -0.25) is 4.79 Å². The molecule has 3 rings (SSSR count). The third-order valence-corrected chi connectivity index (χ3v) is 5.02. The fourth-order valence-electron chi connectivity index (χ4n) is 3.22. The van der Waals surface area contributed by atoms with Crippen molar-refractivity contribution in [3.05, 3.63) is 22.4 Å². The highest BCUT2D eigenvalue weighted by Gasteiger charge is 2.47. The lowest BCUT2D eigenvalue weighted by atomic mass is 9.99. The van der Waals surface area contributed by atoms with Crippen LogP contribution in [0.15, 0.2) is 16.8 Å². The van der Waals surface area contributed by atoms with Gasteiger partial charge in [-0.25, -0.2) is 0 Å². The second kappa shape index (κ2) is 5.23. The first-order valence-electron chi connectivity index (χ1n) is 6.71. The first kappa shape index (κ1) is 13.1. The highest BCUT2D eigenvalue weighted by atomic mass is 32.1. The zero-order chi connectivity index (χ0) is 13.4. The monoisotopic (exact) mass is 280 g/mol. The molecule has 19 heavy (non-hydrogen) atoms. The average molecular weight is 280 g/mol. The average Bonchev–Trinajstić information content (AvgIpc) is 3.03. The van der Waals surface area contributed by atoms with Crippen LogP contribution in [0.4, 0.5) is 0 Å². The zero-order valence-corrected chi connectivity index (χ0v) is 12.2. The summed E-state index contributed by atoms with van der Waals surface area (Å²) in [6.45, 7) is 2.33. The van der Waals surface area contributed by atoms with Crippen LogP contribution in [0.3, 0.4) is 0 Å². The van der Waals surface area contributed by atoms with Gasteiger partial charge in [0.1, 0.15) is 0 Å². The maximum absolute atomic E-state index is 12.5. The van der Waals surface area contributed by atoms with Crippen LogP contribution >= 0.6 is 11.3 Å². The second-order valence-electron chi connectivity index (χ2n) is 5.65. The van der Waals surface area contributed by atoms with E-state index in [2.05, 4.69) is 24.4 Å². The quantitative estimate of drug-likeness (QED) is 0.830. The van der Waals surface area contributed by atoms with E-state index in [9.17, 15) is 4.79 Å². The molecule has 0 saturated carbocycles. The van der Waals surface area contributed by atoms with E-state index in [0.29, 0.717) is 25.0 Å². The van der Waals surface area contributed by atoms with Crippen molar-refractivity contribution in [3.63, 3.8) is 0 Å². The number of amides is 1. The highest BCUT2D eigenvalue weighted by Crippen LogP contribution is 2.32. The van der Waals surface area contributed by atoms with Crippen molar-refractivity contribution in [1.29, 1.82) is 0 Å². The largest absolute Gasteiger partial charge is 0.379 e. The minimum absolute atomic E-state index is 0.239. The van der Waals surface area contributed by atoms with Gasteiger partial charge in [-0.15, -0.1) is 0 Å². The summed E-state index contributed by atoms with van der Waals surface area (Å²) in [7, 11) is 4.18. The van der Waals surface area contributed by atoms with Gasteiger partial charge in [0.25, 0.3) is 0 Å². The molecule has 0 spiro atoms. The summed E-state index contributed by atoms with van der Waals surface area (Å²) in [6.07, 6.45) is 0.521. The number of rotatable bonds is 3. The molecule has 0 unspecified atom stereocenters. The molecule has 0 N–H and O–H groups in total. The Bertz CT molecular complexity index is 446. The Labute approximate surface area is 118 Å². The Hall–Kier alpha value is -0.910. The molecule has 0 bridgehead atoms. The molecule has 1 aromatic heterocycles. The van der Waals surface area contributed by atoms with Gasteiger partial charge >= 0.3 is 0 Å². The van der Waals surface area contributed by atoms with E-state index in [-0.39, 0.29) is 11.9 Å². The summed E-state index contributed by atoms with van der Waals surface area (Å²) in [4.78, 5) is 16.7. The standard InChI is InChI=1S/C14H20N2O2S/c1-15(2)12-6-16(13-8-18-7-11(12)13)14(17)5-10-3-4-19-9-10/h3-4,9,11-13H,5-8H2,1-2H3/t11-,12+,13-/m0/s1. The third kappa shape index (κ3) is 2.42. The lowest BCUT2D eigenvalue weighted by molar-refractivity contribution is -0.131.